The number of rotatable bonds is 4. The van der Waals surface area contributed by atoms with Crippen LogP contribution in [0.15, 0.2) is 42.5 Å². The topological polar surface area (TPSA) is 32.3 Å². The lowest BCUT2D eigenvalue weighted by Crippen LogP contribution is -2.41. The number of amides is 1. The second kappa shape index (κ2) is 8.62. The quantitative estimate of drug-likeness (QED) is 0.792. The molecule has 2 aromatic rings. The number of carbonyl (C=O) groups excluding carboxylic acids is 1. The summed E-state index contributed by atoms with van der Waals surface area (Å²) in [5.41, 5.74) is 3.29. The molecule has 5 heteroatoms. The maximum absolute atomic E-state index is 14.0. The largest absolute Gasteiger partial charge is 0.349 e. The number of carbonyl (C=O) groups is 1. The van der Waals surface area contributed by atoms with E-state index < -0.39 is 0 Å². The standard InChI is InChI=1S/C23H26ClFN2O/c24-19-9-8-18(21(25)14-19)15-27-12-10-17(11-13-27)23(28)26-22-7-3-5-16-4-1-2-6-20(16)22/h1-2,4,6,8-9,14,17,22H,3,5,7,10-13,15H2,(H,26,28). The third-order valence-corrected chi connectivity index (χ3v) is 6.29. The Morgan fingerprint density at radius 3 is 2.71 bits per heavy atom. The van der Waals surface area contributed by atoms with E-state index in [4.69, 9.17) is 11.6 Å². The highest BCUT2D eigenvalue weighted by Crippen LogP contribution is 2.30. The Balaban J connectivity index is 1.31. The molecular formula is C23H26ClFN2O. The molecule has 3 nitrogen and oxygen atoms in total. The van der Waals surface area contributed by atoms with Crippen LogP contribution in [0.3, 0.4) is 0 Å². The van der Waals surface area contributed by atoms with Crippen molar-refractivity contribution in [3.63, 3.8) is 0 Å². The van der Waals surface area contributed by atoms with Gasteiger partial charge in [-0.2, -0.15) is 0 Å². The summed E-state index contributed by atoms with van der Waals surface area (Å²) in [6.45, 7) is 2.18. The molecule has 1 heterocycles. The zero-order valence-corrected chi connectivity index (χ0v) is 16.7. The van der Waals surface area contributed by atoms with Crippen molar-refractivity contribution < 1.29 is 9.18 Å². The summed E-state index contributed by atoms with van der Waals surface area (Å²) in [6.07, 6.45) is 4.86. The normalized spacial score (nSPS) is 20.6. The van der Waals surface area contributed by atoms with Crippen molar-refractivity contribution in [3.05, 3.63) is 70.0 Å². The summed E-state index contributed by atoms with van der Waals surface area (Å²) in [6, 6.07) is 13.4. The average Bonchev–Trinajstić information content (AvgIpc) is 2.71. The summed E-state index contributed by atoms with van der Waals surface area (Å²) in [4.78, 5) is 15.0. The Bertz CT molecular complexity index is 848. The molecule has 148 valence electrons. The number of nitrogens with one attached hydrogen (secondary N) is 1. The second-order valence-corrected chi connectivity index (χ2v) is 8.37. The zero-order chi connectivity index (χ0) is 19.5. The van der Waals surface area contributed by atoms with Crippen LogP contribution in [-0.4, -0.2) is 23.9 Å². The molecule has 0 radical (unpaired) electrons. The molecular weight excluding hydrogens is 375 g/mol. The number of benzene rings is 2. The Hall–Kier alpha value is -1.91. The third-order valence-electron chi connectivity index (χ3n) is 6.05. The van der Waals surface area contributed by atoms with Crippen molar-refractivity contribution in [2.75, 3.05) is 13.1 Å². The van der Waals surface area contributed by atoms with E-state index in [-0.39, 0.29) is 23.7 Å². The third kappa shape index (κ3) is 4.39. The molecule has 4 rings (SSSR count). The van der Waals surface area contributed by atoms with Crippen LogP contribution in [0.2, 0.25) is 5.02 Å². The molecule has 1 saturated heterocycles. The van der Waals surface area contributed by atoms with E-state index in [1.807, 2.05) is 0 Å². The number of nitrogens with zero attached hydrogens (tertiary/aromatic N) is 1. The van der Waals surface area contributed by atoms with Crippen molar-refractivity contribution in [1.82, 2.24) is 10.2 Å². The number of aryl methyl sites for hydroxylation is 1. The number of likely N-dealkylation sites (tertiary alicyclic amines) is 1. The molecule has 1 aliphatic heterocycles. The number of piperidine rings is 1. The Morgan fingerprint density at radius 1 is 1.14 bits per heavy atom. The van der Waals surface area contributed by atoms with Crippen LogP contribution in [0.5, 0.6) is 0 Å². The van der Waals surface area contributed by atoms with Gasteiger partial charge < -0.3 is 5.32 Å². The van der Waals surface area contributed by atoms with Gasteiger partial charge in [-0.05, 0) is 68.5 Å². The summed E-state index contributed by atoms with van der Waals surface area (Å²) < 4.78 is 14.0. The van der Waals surface area contributed by atoms with Gasteiger partial charge in [0.05, 0.1) is 6.04 Å². The van der Waals surface area contributed by atoms with Gasteiger partial charge in [0, 0.05) is 23.0 Å². The van der Waals surface area contributed by atoms with Gasteiger partial charge in [0.1, 0.15) is 5.82 Å². The minimum Gasteiger partial charge on any atom is -0.349 e. The average molecular weight is 401 g/mol. The van der Waals surface area contributed by atoms with Gasteiger partial charge in [-0.15, -0.1) is 0 Å². The zero-order valence-electron chi connectivity index (χ0n) is 16.0. The lowest BCUT2D eigenvalue weighted by molar-refractivity contribution is -0.127. The SMILES string of the molecule is O=C(NC1CCCc2ccccc21)C1CCN(Cc2ccc(Cl)cc2F)CC1. The predicted molar refractivity (Wildman–Crippen MR) is 110 cm³/mol. The van der Waals surface area contributed by atoms with Gasteiger partial charge in [-0.3, -0.25) is 9.69 Å². The van der Waals surface area contributed by atoms with Crippen LogP contribution < -0.4 is 5.32 Å². The number of hydrogen-bond donors (Lipinski definition) is 1. The first-order valence-electron chi connectivity index (χ1n) is 10.1. The van der Waals surface area contributed by atoms with Gasteiger partial charge in [-0.1, -0.05) is 41.9 Å². The monoisotopic (exact) mass is 400 g/mol. The molecule has 2 aromatic carbocycles. The van der Waals surface area contributed by atoms with E-state index in [0.717, 1.165) is 45.2 Å². The van der Waals surface area contributed by atoms with Crippen LogP contribution in [0.25, 0.3) is 0 Å². The first-order chi connectivity index (χ1) is 13.6. The Labute approximate surface area is 170 Å². The smallest absolute Gasteiger partial charge is 0.223 e. The summed E-state index contributed by atoms with van der Waals surface area (Å²) in [5.74, 6) is -0.0530. The molecule has 1 N–H and O–H groups in total. The molecule has 1 atom stereocenters. The van der Waals surface area contributed by atoms with E-state index in [9.17, 15) is 9.18 Å². The highest BCUT2D eigenvalue weighted by Gasteiger charge is 2.28. The minimum absolute atomic E-state index is 0.0420. The van der Waals surface area contributed by atoms with Crippen molar-refractivity contribution in [1.29, 1.82) is 0 Å². The maximum atomic E-state index is 14.0. The van der Waals surface area contributed by atoms with Gasteiger partial charge in [0.25, 0.3) is 0 Å². The van der Waals surface area contributed by atoms with Crippen molar-refractivity contribution in [2.45, 2.75) is 44.7 Å². The van der Waals surface area contributed by atoms with Gasteiger partial charge in [0.2, 0.25) is 5.91 Å². The molecule has 1 aliphatic carbocycles. The number of fused-ring (bicyclic) bond motifs is 1. The van der Waals surface area contributed by atoms with E-state index in [1.165, 1.54) is 17.2 Å². The summed E-state index contributed by atoms with van der Waals surface area (Å²) in [5, 5.41) is 3.71. The fraction of sp³-hybridized carbons (Fsp3) is 0.435. The van der Waals surface area contributed by atoms with Gasteiger partial charge >= 0.3 is 0 Å². The lowest BCUT2D eigenvalue weighted by atomic mass is 9.87. The van der Waals surface area contributed by atoms with Crippen molar-refractivity contribution in [3.8, 4) is 0 Å². The van der Waals surface area contributed by atoms with E-state index >= 15 is 0 Å². The van der Waals surface area contributed by atoms with Crippen LogP contribution in [0, 0.1) is 11.7 Å². The first-order valence-corrected chi connectivity index (χ1v) is 10.5. The maximum Gasteiger partial charge on any atom is 0.223 e. The Kier molecular flexibility index (Phi) is 5.98. The van der Waals surface area contributed by atoms with E-state index in [0.29, 0.717) is 17.1 Å². The highest BCUT2D eigenvalue weighted by molar-refractivity contribution is 6.30. The molecule has 0 bridgehead atoms. The summed E-state index contributed by atoms with van der Waals surface area (Å²) in [7, 11) is 0. The number of halogens is 2. The molecule has 1 amide bonds. The molecule has 1 unspecified atom stereocenters. The second-order valence-electron chi connectivity index (χ2n) is 7.94. The van der Waals surface area contributed by atoms with Crippen LogP contribution >= 0.6 is 11.6 Å². The van der Waals surface area contributed by atoms with Crippen LogP contribution in [0.1, 0.15) is 48.4 Å². The molecule has 1 fully saturated rings. The van der Waals surface area contributed by atoms with Crippen molar-refractivity contribution in [2.24, 2.45) is 5.92 Å². The fourth-order valence-electron chi connectivity index (χ4n) is 4.44. The fourth-order valence-corrected chi connectivity index (χ4v) is 4.60. The van der Waals surface area contributed by atoms with E-state index in [2.05, 4.69) is 34.5 Å². The van der Waals surface area contributed by atoms with E-state index in [1.54, 1.807) is 12.1 Å². The lowest BCUT2D eigenvalue weighted by Gasteiger charge is -2.33. The first kappa shape index (κ1) is 19.4. The van der Waals surface area contributed by atoms with Crippen LogP contribution in [0.4, 0.5) is 4.39 Å². The van der Waals surface area contributed by atoms with Gasteiger partial charge in [-0.25, -0.2) is 4.39 Å². The molecule has 28 heavy (non-hydrogen) atoms. The molecule has 0 spiro atoms. The molecule has 0 aromatic heterocycles. The van der Waals surface area contributed by atoms with Crippen molar-refractivity contribution >= 4 is 17.5 Å². The van der Waals surface area contributed by atoms with Gasteiger partial charge in [0.15, 0.2) is 0 Å². The Morgan fingerprint density at radius 2 is 1.93 bits per heavy atom. The van der Waals surface area contributed by atoms with Crippen LogP contribution in [-0.2, 0) is 17.8 Å². The predicted octanol–water partition coefficient (Wildman–Crippen LogP) is 4.88. The highest BCUT2D eigenvalue weighted by atomic mass is 35.5. The molecule has 0 saturated carbocycles. The molecule has 2 aliphatic rings. The number of hydrogen-bond acceptors (Lipinski definition) is 2. The minimum atomic E-state index is -0.261. The summed E-state index contributed by atoms with van der Waals surface area (Å²) >= 11 is 5.83.